The first-order valence-electron chi connectivity index (χ1n) is 8.82. The van der Waals surface area contributed by atoms with Gasteiger partial charge in [0.25, 0.3) is 11.8 Å². The maximum atomic E-state index is 12.8. The molecule has 0 radical (unpaired) electrons. The Morgan fingerprint density at radius 1 is 1.00 bits per heavy atom. The number of anilines is 1. The number of carbonyl (C=O) groups excluding carboxylic acids is 2. The number of ether oxygens (including phenoxy) is 2. The van der Waals surface area contributed by atoms with Gasteiger partial charge in [0, 0.05) is 0 Å². The Bertz CT molecular complexity index is 1020. The van der Waals surface area contributed by atoms with E-state index in [0.717, 1.165) is 0 Å². The van der Waals surface area contributed by atoms with Crippen molar-refractivity contribution in [2.75, 3.05) is 12.4 Å². The zero-order valence-corrected chi connectivity index (χ0v) is 15.9. The SMILES string of the molecule is COc1cccc(C(=O)Nc2ccccc2C(=O)NCc2ccco2)c1OC(F)F. The minimum Gasteiger partial charge on any atom is -0.493 e. The Morgan fingerprint density at radius 2 is 1.77 bits per heavy atom. The molecule has 0 aliphatic carbocycles. The molecule has 0 fully saturated rings. The Morgan fingerprint density at radius 3 is 2.47 bits per heavy atom. The number of furan rings is 1. The number of methoxy groups -OCH3 is 1. The van der Waals surface area contributed by atoms with Crippen molar-refractivity contribution < 1.29 is 32.3 Å². The van der Waals surface area contributed by atoms with E-state index in [4.69, 9.17) is 9.15 Å². The maximum Gasteiger partial charge on any atom is 0.387 e. The van der Waals surface area contributed by atoms with Crippen molar-refractivity contribution in [3.05, 3.63) is 77.7 Å². The van der Waals surface area contributed by atoms with Gasteiger partial charge in [-0.2, -0.15) is 8.78 Å². The van der Waals surface area contributed by atoms with Gasteiger partial charge in [-0.25, -0.2) is 0 Å². The zero-order chi connectivity index (χ0) is 21.5. The highest BCUT2D eigenvalue weighted by atomic mass is 19.3. The van der Waals surface area contributed by atoms with E-state index >= 15 is 0 Å². The van der Waals surface area contributed by atoms with Gasteiger partial charge in [-0.05, 0) is 36.4 Å². The predicted octanol–water partition coefficient (Wildman–Crippen LogP) is 4.07. The molecule has 1 aromatic heterocycles. The van der Waals surface area contributed by atoms with Crippen LogP contribution >= 0.6 is 0 Å². The van der Waals surface area contributed by atoms with Crippen LogP contribution in [0, 0.1) is 0 Å². The largest absolute Gasteiger partial charge is 0.493 e. The molecule has 0 aliphatic heterocycles. The van der Waals surface area contributed by atoms with Gasteiger partial charge in [-0.3, -0.25) is 9.59 Å². The highest BCUT2D eigenvalue weighted by Crippen LogP contribution is 2.33. The first-order valence-corrected chi connectivity index (χ1v) is 8.82. The lowest BCUT2D eigenvalue weighted by atomic mass is 10.1. The third-order valence-corrected chi connectivity index (χ3v) is 4.07. The Balaban J connectivity index is 1.82. The summed E-state index contributed by atoms with van der Waals surface area (Å²) in [7, 11) is 1.27. The summed E-state index contributed by atoms with van der Waals surface area (Å²) in [5, 5.41) is 5.24. The fourth-order valence-corrected chi connectivity index (χ4v) is 2.72. The normalized spacial score (nSPS) is 10.5. The van der Waals surface area contributed by atoms with E-state index in [-0.39, 0.29) is 29.1 Å². The van der Waals surface area contributed by atoms with Crippen LogP contribution in [0.2, 0.25) is 0 Å². The van der Waals surface area contributed by atoms with E-state index < -0.39 is 24.2 Å². The molecule has 3 aromatic rings. The van der Waals surface area contributed by atoms with Crippen molar-refractivity contribution in [2.45, 2.75) is 13.2 Å². The van der Waals surface area contributed by atoms with Crippen LogP contribution in [-0.2, 0) is 6.54 Å². The number of rotatable bonds is 8. The number of nitrogens with one attached hydrogen (secondary N) is 2. The number of para-hydroxylation sites is 2. The van der Waals surface area contributed by atoms with Crippen LogP contribution in [0.25, 0.3) is 0 Å². The second kappa shape index (κ2) is 9.55. The molecule has 2 aromatic carbocycles. The number of hydrogen-bond donors (Lipinski definition) is 2. The van der Waals surface area contributed by atoms with Crippen LogP contribution in [0.5, 0.6) is 11.5 Å². The minimum absolute atomic E-state index is 0.0209. The number of alkyl halides is 2. The molecule has 0 aliphatic rings. The molecular weight excluding hydrogens is 398 g/mol. The summed E-state index contributed by atoms with van der Waals surface area (Å²) in [4.78, 5) is 25.3. The summed E-state index contributed by atoms with van der Waals surface area (Å²) in [6.07, 6.45) is 1.49. The van der Waals surface area contributed by atoms with E-state index in [1.54, 1.807) is 24.3 Å². The third kappa shape index (κ3) is 4.93. The van der Waals surface area contributed by atoms with E-state index in [0.29, 0.717) is 5.76 Å². The fourth-order valence-electron chi connectivity index (χ4n) is 2.72. The zero-order valence-electron chi connectivity index (χ0n) is 15.9. The summed E-state index contributed by atoms with van der Waals surface area (Å²) in [6, 6.07) is 13.9. The smallest absolute Gasteiger partial charge is 0.387 e. The fraction of sp³-hybridized carbons (Fsp3) is 0.143. The van der Waals surface area contributed by atoms with Gasteiger partial charge in [-0.15, -0.1) is 0 Å². The first-order chi connectivity index (χ1) is 14.5. The summed E-state index contributed by atoms with van der Waals surface area (Å²) < 4.78 is 40.3. The molecule has 156 valence electrons. The van der Waals surface area contributed by atoms with Crippen molar-refractivity contribution in [1.29, 1.82) is 0 Å². The van der Waals surface area contributed by atoms with Crippen LogP contribution in [0.3, 0.4) is 0 Å². The molecule has 0 unspecified atom stereocenters. The topological polar surface area (TPSA) is 89.8 Å². The molecule has 2 amide bonds. The summed E-state index contributed by atoms with van der Waals surface area (Å²) in [6.45, 7) is -2.98. The monoisotopic (exact) mass is 416 g/mol. The molecular formula is C21H18F2N2O5. The average molecular weight is 416 g/mol. The van der Waals surface area contributed by atoms with E-state index in [1.165, 1.54) is 43.7 Å². The molecule has 3 rings (SSSR count). The molecule has 0 atom stereocenters. The number of halogens is 2. The standard InChI is InChI=1S/C21H18F2N2O5/c1-28-17-10-4-8-15(18(17)30-21(22)23)20(27)25-16-9-3-2-7-14(16)19(26)24-12-13-6-5-11-29-13/h2-11,21H,12H2,1H3,(H,24,26)(H,25,27). The lowest BCUT2D eigenvalue weighted by Gasteiger charge is -2.15. The van der Waals surface area contributed by atoms with Crippen LogP contribution < -0.4 is 20.1 Å². The highest BCUT2D eigenvalue weighted by Gasteiger charge is 2.22. The van der Waals surface area contributed by atoms with Crippen LogP contribution in [0.4, 0.5) is 14.5 Å². The van der Waals surface area contributed by atoms with Gasteiger partial charge in [0.2, 0.25) is 0 Å². The van der Waals surface area contributed by atoms with Gasteiger partial charge >= 0.3 is 6.61 Å². The predicted molar refractivity (Wildman–Crippen MR) is 104 cm³/mol. The maximum absolute atomic E-state index is 12.8. The van der Waals surface area contributed by atoms with Gasteiger partial charge < -0.3 is 24.5 Å². The molecule has 2 N–H and O–H groups in total. The average Bonchev–Trinajstić information content (AvgIpc) is 3.25. The van der Waals surface area contributed by atoms with Crippen molar-refractivity contribution >= 4 is 17.5 Å². The summed E-state index contributed by atoms with van der Waals surface area (Å²) in [5.74, 6) is -1.04. The lowest BCUT2D eigenvalue weighted by molar-refractivity contribution is -0.0515. The molecule has 30 heavy (non-hydrogen) atoms. The van der Waals surface area contributed by atoms with E-state index in [1.807, 2.05) is 0 Å². The van der Waals surface area contributed by atoms with Crippen LogP contribution in [0.1, 0.15) is 26.5 Å². The number of hydrogen-bond acceptors (Lipinski definition) is 5. The van der Waals surface area contributed by atoms with E-state index in [9.17, 15) is 18.4 Å². The lowest BCUT2D eigenvalue weighted by Crippen LogP contribution is -2.25. The van der Waals surface area contributed by atoms with Crippen LogP contribution in [0.15, 0.2) is 65.3 Å². The first kappa shape index (κ1) is 20.8. The molecule has 0 saturated heterocycles. The molecule has 9 heteroatoms. The second-order valence-electron chi connectivity index (χ2n) is 5.98. The third-order valence-electron chi connectivity index (χ3n) is 4.07. The summed E-state index contributed by atoms with van der Waals surface area (Å²) in [5.41, 5.74) is 0.224. The van der Waals surface area contributed by atoms with Gasteiger partial charge in [0.05, 0.1) is 36.7 Å². The number of benzene rings is 2. The Hall–Kier alpha value is -3.88. The Labute approximate surface area is 170 Å². The van der Waals surface area contributed by atoms with Gasteiger partial charge in [0.15, 0.2) is 11.5 Å². The highest BCUT2D eigenvalue weighted by molar-refractivity contribution is 6.10. The number of carbonyl (C=O) groups is 2. The van der Waals surface area contributed by atoms with Crippen molar-refractivity contribution in [3.63, 3.8) is 0 Å². The van der Waals surface area contributed by atoms with Crippen LogP contribution in [-0.4, -0.2) is 25.5 Å². The quantitative estimate of drug-likeness (QED) is 0.578. The second-order valence-corrected chi connectivity index (χ2v) is 5.98. The molecule has 0 bridgehead atoms. The van der Waals surface area contributed by atoms with E-state index in [2.05, 4.69) is 15.4 Å². The molecule has 0 spiro atoms. The minimum atomic E-state index is -3.15. The van der Waals surface area contributed by atoms with Crippen molar-refractivity contribution in [1.82, 2.24) is 5.32 Å². The van der Waals surface area contributed by atoms with Gasteiger partial charge in [-0.1, -0.05) is 18.2 Å². The van der Waals surface area contributed by atoms with Crippen molar-refractivity contribution in [2.24, 2.45) is 0 Å². The van der Waals surface area contributed by atoms with Crippen molar-refractivity contribution in [3.8, 4) is 11.5 Å². The Kier molecular flexibility index (Phi) is 6.63. The number of amides is 2. The molecule has 1 heterocycles. The summed E-state index contributed by atoms with van der Waals surface area (Å²) >= 11 is 0. The molecule has 7 nitrogen and oxygen atoms in total. The van der Waals surface area contributed by atoms with Gasteiger partial charge in [0.1, 0.15) is 5.76 Å². The molecule has 0 saturated carbocycles.